The molecule has 0 fully saturated rings. The minimum absolute atomic E-state index is 0.233. The Morgan fingerprint density at radius 3 is 2.36 bits per heavy atom. The van der Waals surface area contributed by atoms with Crippen LogP contribution in [0.2, 0.25) is 0 Å². The average molecular weight is 191 g/mol. The van der Waals surface area contributed by atoms with Crippen LogP contribution in [0.15, 0.2) is 18.2 Å². The molecule has 0 bridgehead atoms. The number of hydrogen-bond acceptors (Lipinski definition) is 1. The van der Waals surface area contributed by atoms with Crippen molar-refractivity contribution in [2.24, 2.45) is 5.73 Å². The van der Waals surface area contributed by atoms with Crippen LogP contribution in [0.5, 0.6) is 0 Å². The molecule has 1 rings (SSSR count). The average Bonchev–Trinajstić information content (AvgIpc) is 2.07. The van der Waals surface area contributed by atoms with E-state index in [0.29, 0.717) is 0 Å². The highest BCUT2D eigenvalue weighted by Gasteiger charge is 2.14. The third-order valence-corrected chi connectivity index (χ3v) is 2.63. The van der Waals surface area contributed by atoms with Crippen molar-refractivity contribution < 1.29 is 0 Å². The first-order valence-corrected chi connectivity index (χ1v) is 5.25. The Morgan fingerprint density at radius 2 is 1.86 bits per heavy atom. The highest BCUT2D eigenvalue weighted by Crippen LogP contribution is 2.24. The maximum Gasteiger partial charge on any atom is -0.00366 e. The topological polar surface area (TPSA) is 26.0 Å². The maximum atomic E-state index is 5.59. The van der Waals surface area contributed by atoms with Crippen LogP contribution in [0.4, 0.5) is 0 Å². The first kappa shape index (κ1) is 11.3. The van der Waals surface area contributed by atoms with Crippen molar-refractivity contribution >= 4 is 0 Å². The van der Waals surface area contributed by atoms with Gasteiger partial charge in [-0.05, 0) is 42.0 Å². The molecule has 1 aromatic carbocycles. The molecule has 0 amide bonds. The first-order valence-electron chi connectivity index (χ1n) is 5.25. The van der Waals surface area contributed by atoms with E-state index >= 15 is 0 Å². The summed E-state index contributed by atoms with van der Waals surface area (Å²) in [5.74, 6) is 0. The quantitative estimate of drug-likeness (QED) is 0.764. The molecule has 0 saturated heterocycles. The fourth-order valence-electron chi connectivity index (χ4n) is 1.56. The van der Waals surface area contributed by atoms with Crippen molar-refractivity contribution in [3.05, 3.63) is 34.9 Å². The van der Waals surface area contributed by atoms with Gasteiger partial charge in [0.25, 0.3) is 0 Å². The summed E-state index contributed by atoms with van der Waals surface area (Å²) < 4.78 is 0. The van der Waals surface area contributed by atoms with Crippen molar-refractivity contribution in [3.8, 4) is 0 Å². The summed E-state index contributed by atoms with van der Waals surface area (Å²) in [6, 6.07) is 6.71. The van der Waals surface area contributed by atoms with Crippen LogP contribution < -0.4 is 5.73 Å². The Morgan fingerprint density at radius 1 is 1.21 bits per heavy atom. The van der Waals surface area contributed by atoms with Crippen molar-refractivity contribution in [1.29, 1.82) is 0 Å². The molecule has 1 nitrogen and oxygen atoms in total. The van der Waals surface area contributed by atoms with Crippen LogP contribution in [0.1, 0.15) is 37.5 Å². The molecule has 0 aliphatic heterocycles. The lowest BCUT2D eigenvalue weighted by molar-refractivity contribution is 0.589. The molecule has 0 aliphatic carbocycles. The molecule has 0 atom stereocenters. The molecular weight excluding hydrogens is 170 g/mol. The van der Waals surface area contributed by atoms with Gasteiger partial charge in [0, 0.05) is 0 Å². The third-order valence-electron chi connectivity index (χ3n) is 2.63. The van der Waals surface area contributed by atoms with Gasteiger partial charge in [-0.25, -0.2) is 0 Å². The summed E-state index contributed by atoms with van der Waals surface area (Å²) in [5.41, 5.74) is 9.96. The van der Waals surface area contributed by atoms with Gasteiger partial charge in [0.05, 0.1) is 0 Å². The number of benzene rings is 1. The van der Waals surface area contributed by atoms with Crippen LogP contribution >= 0.6 is 0 Å². The van der Waals surface area contributed by atoms with Crippen LogP contribution in [0.25, 0.3) is 0 Å². The van der Waals surface area contributed by atoms with E-state index < -0.39 is 0 Å². The number of nitrogens with two attached hydrogens (primary N) is 1. The Kier molecular flexibility index (Phi) is 3.33. The van der Waals surface area contributed by atoms with Gasteiger partial charge in [0.1, 0.15) is 0 Å². The van der Waals surface area contributed by atoms with Gasteiger partial charge in [-0.2, -0.15) is 0 Å². The van der Waals surface area contributed by atoms with Gasteiger partial charge in [-0.15, -0.1) is 0 Å². The Labute approximate surface area is 87.3 Å². The zero-order valence-electron chi connectivity index (χ0n) is 9.72. The SMILES string of the molecule is Cc1ccc(C(C)(C)C)cc1CCN. The Hall–Kier alpha value is -0.820. The van der Waals surface area contributed by atoms with E-state index in [4.69, 9.17) is 5.73 Å². The van der Waals surface area contributed by atoms with Gasteiger partial charge in [-0.3, -0.25) is 0 Å². The van der Waals surface area contributed by atoms with Crippen molar-refractivity contribution in [2.75, 3.05) is 6.54 Å². The van der Waals surface area contributed by atoms with E-state index in [-0.39, 0.29) is 5.41 Å². The molecule has 0 spiro atoms. The van der Waals surface area contributed by atoms with Crippen LogP contribution in [0.3, 0.4) is 0 Å². The molecule has 0 heterocycles. The Bertz CT molecular complexity index is 308. The lowest BCUT2D eigenvalue weighted by atomic mass is 9.85. The molecule has 1 aromatic rings. The van der Waals surface area contributed by atoms with E-state index in [1.807, 2.05) is 0 Å². The summed E-state index contributed by atoms with van der Waals surface area (Å²) in [4.78, 5) is 0. The number of aryl methyl sites for hydroxylation is 1. The fraction of sp³-hybridized carbons (Fsp3) is 0.538. The van der Waals surface area contributed by atoms with E-state index in [1.54, 1.807) is 0 Å². The molecule has 78 valence electrons. The molecular formula is C13H21N. The molecule has 1 heteroatoms. The summed E-state index contributed by atoms with van der Waals surface area (Å²) in [7, 11) is 0. The molecule has 0 unspecified atom stereocenters. The minimum atomic E-state index is 0.233. The predicted molar refractivity (Wildman–Crippen MR) is 62.6 cm³/mol. The van der Waals surface area contributed by atoms with Gasteiger partial charge in [0.15, 0.2) is 0 Å². The summed E-state index contributed by atoms with van der Waals surface area (Å²) >= 11 is 0. The van der Waals surface area contributed by atoms with E-state index in [9.17, 15) is 0 Å². The second-order valence-electron chi connectivity index (χ2n) is 4.93. The summed E-state index contributed by atoms with van der Waals surface area (Å²) in [6.45, 7) is 9.60. The normalized spacial score (nSPS) is 11.8. The van der Waals surface area contributed by atoms with E-state index in [2.05, 4.69) is 45.9 Å². The van der Waals surface area contributed by atoms with Gasteiger partial charge >= 0.3 is 0 Å². The van der Waals surface area contributed by atoms with Crippen molar-refractivity contribution in [1.82, 2.24) is 0 Å². The second kappa shape index (κ2) is 4.14. The van der Waals surface area contributed by atoms with Crippen molar-refractivity contribution in [2.45, 2.75) is 39.5 Å². The van der Waals surface area contributed by atoms with Gasteiger partial charge in [-0.1, -0.05) is 39.0 Å². The van der Waals surface area contributed by atoms with Crippen LogP contribution in [-0.2, 0) is 11.8 Å². The highest BCUT2D eigenvalue weighted by molar-refractivity contribution is 5.34. The highest BCUT2D eigenvalue weighted by atomic mass is 14.5. The molecule has 0 saturated carbocycles. The monoisotopic (exact) mass is 191 g/mol. The molecule has 0 aromatic heterocycles. The standard InChI is InChI=1S/C13H21N/c1-10-5-6-12(13(2,3)4)9-11(10)7-8-14/h5-6,9H,7-8,14H2,1-4H3. The molecule has 2 N–H and O–H groups in total. The lowest BCUT2D eigenvalue weighted by Crippen LogP contribution is -2.12. The van der Waals surface area contributed by atoms with Crippen LogP contribution in [-0.4, -0.2) is 6.54 Å². The smallest absolute Gasteiger partial charge is 0.00366 e. The van der Waals surface area contributed by atoms with E-state index in [0.717, 1.165) is 13.0 Å². The lowest BCUT2D eigenvalue weighted by Gasteiger charge is -2.20. The van der Waals surface area contributed by atoms with Gasteiger partial charge in [0.2, 0.25) is 0 Å². The Balaban J connectivity index is 3.06. The van der Waals surface area contributed by atoms with Gasteiger partial charge < -0.3 is 5.73 Å². The molecule has 14 heavy (non-hydrogen) atoms. The maximum absolute atomic E-state index is 5.59. The first-order chi connectivity index (χ1) is 6.45. The molecule has 0 radical (unpaired) electrons. The zero-order chi connectivity index (χ0) is 10.8. The van der Waals surface area contributed by atoms with E-state index in [1.165, 1.54) is 16.7 Å². The van der Waals surface area contributed by atoms with Crippen LogP contribution in [0, 0.1) is 6.92 Å². The second-order valence-corrected chi connectivity index (χ2v) is 4.93. The summed E-state index contributed by atoms with van der Waals surface area (Å²) in [5, 5.41) is 0. The fourth-order valence-corrected chi connectivity index (χ4v) is 1.56. The van der Waals surface area contributed by atoms with Crippen molar-refractivity contribution in [3.63, 3.8) is 0 Å². The zero-order valence-corrected chi connectivity index (χ0v) is 9.72. The number of hydrogen-bond donors (Lipinski definition) is 1. The largest absolute Gasteiger partial charge is 0.330 e. The predicted octanol–water partition coefficient (Wildman–Crippen LogP) is 2.79. The summed E-state index contributed by atoms with van der Waals surface area (Å²) in [6.07, 6.45) is 0.982. The molecule has 0 aliphatic rings. The number of rotatable bonds is 2. The third kappa shape index (κ3) is 2.58. The minimum Gasteiger partial charge on any atom is -0.330 e.